The molecule has 0 aliphatic carbocycles. The number of rotatable bonds is 3. The zero-order chi connectivity index (χ0) is 14.2. The van der Waals surface area contributed by atoms with Gasteiger partial charge in [-0.05, 0) is 32.4 Å². The molecule has 1 aliphatic rings. The van der Waals surface area contributed by atoms with Crippen LogP contribution in [0.5, 0.6) is 0 Å². The van der Waals surface area contributed by atoms with E-state index >= 15 is 0 Å². The molecule has 0 amide bonds. The number of hydrogen-bond acceptors (Lipinski definition) is 3. The SMILES string of the molecule is CCC1(C)N=C(c2cc(Cl)c(CN)c(Cl)c2)OC1C. The van der Waals surface area contributed by atoms with E-state index in [1.807, 2.05) is 19.1 Å². The Balaban J connectivity index is 2.42. The van der Waals surface area contributed by atoms with Gasteiger partial charge in [0.05, 0.1) is 5.54 Å². The van der Waals surface area contributed by atoms with E-state index in [1.54, 1.807) is 0 Å². The molecule has 5 heteroatoms. The summed E-state index contributed by atoms with van der Waals surface area (Å²) in [5.41, 5.74) is 6.97. The molecule has 0 bridgehead atoms. The molecule has 0 aromatic heterocycles. The van der Waals surface area contributed by atoms with Gasteiger partial charge in [-0.15, -0.1) is 0 Å². The minimum Gasteiger partial charge on any atom is -0.472 e. The van der Waals surface area contributed by atoms with Crippen LogP contribution in [0.3, 0.4) is 0 Å². The average Bonchev–Trinajstić information content (AvgIpc) is 2.66. The minimum atomic E-state index is -0.194. The fraction of sp³-hybridized carbons (Fsp3) is 0.500. The number of nitrogens with zero attached hydrogens (tertiary/aromatic N) is 1. The fourth-order valence-electron chi connectivity index (χ4n) is 2.06. The number of aliphatic imine (C=N–C) groups is 1. The maximum absolute atomic E-state index is 6.18. The monoisotopic (exact) mass is 300 g/mol. The third kappa shape index (κ3) is 2.60. The van der Waals surface area contributed by atoms with Crippen molar-refractivity contribution in [2.24, 2.45) is 10.7 Å². The average molecular weight is 301 g/mol. The van der Waals surface area contributed by atoms with E-state index in [9.17, 15) is 0 Å². The van der Waals surface area contributed by atoms with Crippen LogP contribution in [0.1, 0.15) is 38.3 Å². The second-order valence-electron chi connectivity index (χ2n) is 5.01. The van der Waals surface area contributed by atoms with E-state index in [0.29, 0.717) is 22.5 Å². The van der Waals surface area contributed by atoms with Crippen molar-refractivity contribution >= 4 is 29.1 Å². The lowest BCUT2D eigenvalue weighted by atomic mass is 9.94. The molecule has 2 N–H and O–H groups in total. The molecule has 19 heavy (non-hydrogen) atoms. The highest BCUT2D eigenvalue weighted by molar-refractivity contribution is 6.36. The Kier molecular flexibility index (Phi) is 4.09. The summed E-state index contributed by atoms with van der Waals surface area (Å²) in [6, 6.07) is 3.62. The number of nitrogens with two attached hydrogens (primary N) is 1. The van der Waals surface area contributed by atoms with Crippen molar-refractivity contribution in [3.63, 3.8) is 0 Å². The Bertz CT molecular complexity index is 507. The van der Waals surface area contributed by atoms with Gasteiger partial charge in [0.15, 0.2) is 0 Å². The summed E-state index contributed by atoms with van der Waals surface area (Å²) >= 11 is 12.4. The van der Waals surface area contributed by atoms with Gasteiger partial charge < -0.3 is 10.5 Å². The van der Waals surface area contributed by atoms with Crippen molar-refractivity contribution in [2.75, 3.05) is 0 Å². The minimum absolute atomic E-state index is 0.0410. The highest BCUT2D eigenvalue weighted by Gasteiger charge is 2.38. The Hall–Kier alpha value is -0.770. The van der Waals surface area contributed by atoms with Crippen LogP contribution in [0.25, 0.3) is 0 Å². The number of benzene rings is 1. The van der Waals surface area contributed by atoms with Crippen molar-refractivity contribution in [3.05, 3.63) is 33.3 Å². The Morgan fingerprint density at radius 1 is 1.37 bits per heavy atom. The van der Waals surface area contributed by atoms with E-state index in [4.69, 9.17) is 33.7 Å². The molecule has 0 spiro atoms. The summed E-state index contributed by atoms with van der Waals surface area (Å²) in [5.74, 6) is 0.601. The highest BCUT2D eigenvalue weighted by Crippen LogP contribution is 2.33. The molecule has 0 saturated heterocycles. The normalized spacial score (nSPS) is 26.2. The molecule has 104 valence electrons. The summed E-state index contributed by atoms with van der Waals surface area (Å²) < 4.78 is 5.84. The molecule has 0 fully saturated rings. The van der Waals surface area contributed by atoms with E-state index in [1.165, 1.54) is 0 Å². The van der Waals surface area contributed by atoms with Gasteiger partial charge in [-0.3, -0.25) is 0 Å². The number of ether oxygens (including phenoxy) is 1. The maximum atomic E-state index is 6.18. The van der Waals surface area contributed by atoms with Crippen molar-refractivity contribution in [3.8, 4) is 0 Å². The summed E-state index contributed by atoms with van der Waals surface area (Å²) in [5, 5.41) is 1.10. The molecule has 3 nitrogen and oxygen atoms in total. The second-order valence-corrected chi connectivity index (χ2v) is 5.82. The van der Waals surface area contributed by atoms with Gasteiger partial charge in [0.25, 0.3) is 0 Å². The van der Waals surface area contributed by atoms with Crippen molar-refractivity contribution in [2.45, 2.75) is 45.4 Å². The summed E-state index contributed by atoms with van der Waals surface area (Å²) in [4.78, 5) is 4.67. The largest absolute Gasteiger partial charge is 0.472 e. The third-order valence-corrected chi connectivity index (χ3v) is 4.50. The molecule has 1 heterocycles. The molecule has 0 radical (unpaired) electrons. The van der Waals surface area contributed by atoms with Crippen molar-refractivity contribution in [1.29, 1.82) is 0 Å². The first-order valence-electron chi connectivity index (χ1n) is 6.36. The zero-order valence-electron chi connectivity index (χ0n) is 11.3. The first-order chi connectivity index (χ1) is 8.91. The van der Waals surface area contributed by atoms with Crippen LogP contribution in [0, 0.1) is 0 Å². The van der Waals surface area contributed by atoms with E-state index in [0.717, 1.165) is 17.5 Å². The van der Waals surface area contributed by atoms with Gasteiger partial charge >= 0.3 is 0 Å². The van der Waals surface area contributed by atoms with Crippen LogP contribution in [-0.4, -0.2) is 17.5 Å². The second kappa shape index (κ2) is 5.31. The van der Waals surface area contributed by atoms with Crippen molar-refractivity contribution < 1.29 is 4.74 Å². The first-order valence-corrected chi connectivity index (χ1v) is 7.11. The van der Waals surface area contributed by atoms with E-state index < -0.39 is 0 Å². The molecule has 2 unspecified atom stereocenters. The third-order valence-electron chi connectivity index (χ3n) is 3.83. The standard InChI is InChI=1S/C14H18Cl2N2O/c1-4-14(3)8(2)19-13(18-14)9-5-11(15)10(7-17)12(16)6-9/h5-6,8H,4,7,17H2,1-3H3. The Morgan fingerprint density at radius 3 is 2.37 bits per heavy atom. The smallest absolute Gasteiger partial charge is 0.217 e. The van der Waals surface area contributed by atoms with Gasteiger partial charge in [0, 0.05) is 27.7 Å². The Labute approximate surface area is 123 Å². The molecule has 1 aromatic rings. The number of hydrogen-bond donors (Lipinski definition) is 1. The topological polar surface area (TPSA) is 47.6 Å². The summed E-state index contributed by atoms with van der Waals surface area (Å²) in [6.45, 7) is 6.53. The van der Waals surface area contributed by atoms with Crippen LogP contribution >= 0.6 is 23.2 Å². The lowest BCUT2D eigenvalue weighted by Crippen LogP contribution is -2.31. The van der Waals surface area contributed by atoms with Crippen molar-refractivity contribution in [1.82, 2.24) is 0 Å². The summed E-state index contributed by atoms with van der Waals surface area (Å²) in [7, 11) is 0. The zero-order valence-corrected chi connectivity index (χ0v) is 12.8. The molecule has 0 saturated carbocycles. The lowest BCUT2D eigenvalue weighted by molar-refractivity contribution is 0.161. The fourth-order valence-corrected chi connectivity index (χ4v) is 2.71. The lowest BCUT2D eigenvalue weighted by Gasteiger charge is -2.22. The van der Waals surface area contributed by atoms with Gasteiger partial charge in [-0.2, -0.15) is 0 Å². The van der Waals surface area contributed by atoms with E-state index in [-0.39, 0.29) is 11.6 Å². The molecule has 1 aliphatic heterocycles. The predicted molar refractivity (Wildman–Crippen MR) is 80.1 cm³/mol. The number of halogens is 2. The van der Waals surface area contributed by atoms with Gasteiger partial charge in [-0.1, -0.05) is 30.1 Å². The van der Waals surface area contributed by atoms with Gasteiger partial charge in [0.1, 0.15) is 6.10 Å². The van der Waals surface area contributed by atoms with E-state index in [2.05, 4.69) is 18.8 Å². The quantitative estimate of drug-likeness (QED) is 0.923. The molecular weight excluding hydrogens is 283 g/mol. The van der Waals surface area contributed by atoms with Gasteiger partial charge in [-0.25, -0.2) is 4.99 Å². The maximum Gasteiger partial charge on any atom is 0.217 e. The molecule has 1 aromatic carbocycles. The van der Waals surface area contributed by atoms with Gasteiger partial charge in [0.2, 0.25) is 5.90 Å². The van der Waals surface area contributed by atoms with Crippen LogP contribution in [0.4, 0.5) is 0 Å². The summed E-state index contributed by atoms with van der Waals surface area (Å²) in [6.07, 6.45) is 0.958. The Morgan fingerprint density at radius 2 is 1.95 bits per heavy atom. The first kappa shape index (κ1) is 14.6. The van der Waals surface area contributed by atoms with Crippen LogP contribution < -0.4 is 5.73 Å². The van der Waals surface area contributed by atoms with Crippen LogP contribution in [0.2, 0.25) is 10.0 Å². The highest BCUT2D eigenvalue weighted by atomic mass is 35.5. The predicted octanol–water partition coefficient (Wildman–Crippen LogP) is 3.79. The molecule has 2 atom stereocenters. The van der Waals surface area contributed by atoms with Crippen LogP contribution in [0.15, 0.2) is 17.1 Å². The van der Waals surface area contributed by atoms with Crippen LogP contribution in [-0.2, 0) is 11.3 Å². The molecular formula is C14H18Cl2N2O. The molecule has 2 rings (SSSR count).